The number of hydrogen-bond donors (Lipinski definition) is 4. The van der Waals surface area contributed by atoms with Gasteiger partial charge in [0.2, 0.25) is 11.8 Å². The van der Waals surface area contributed by atoms with Gasteiger partial charge in [0.05, 0.1) is 109 Å². The number of carbonyl (C=O) groups is 2. The molecular weight excluding hydrogens is 1650 g/mol. The lowest BCUT2D eigenvalue weighted by Gasteiger charge is -2.35. The lowest BCUT2D eigenvalue weighted by atomic mass is 9.90. The molecule has 24 nitrogen and oxygen atoms in total. The highest BCUT2D eigenvalue weighted by atomic mass is 35.5. The van der Waals surface area contributed by atoms with Gasteiger partial charge >= 0.3 is 0 Å². The summed E-state index contributed by atoms with van der Waals surface area (Å²) in [4.78, 5) is 99.4. The molecule has 0 spiro atoms. The van der Waals surface area contributed by atoms with Crippen LogP contribution >= 0.6 is 34.8 Å². The van der Waals surface area contributed by atoms with Gasteiger partial charge in [-0.2, -0.15) is 0 Å². The fourth-order valence-corrected chi connectivity index (χ4v) is 17.9. The SMILES string of the molecule is CC(=O)NCCCN(Cc1ncccc1C)[C@H]1CCCc2cccnc21.CC(=O)NCCN(Cc1ncccc1C)[C@H]1CCCc2cccnc21.Cc1cccnc1CN(CCc1cnc[nH]1)[C@H]1CCCc2cccnc21.Clc1cccnc1CN(CCC1=CN=CC1)Cc1ncccc1Cl.Clc1cccnc1CN(CCc1cnc[nH]1)[C@H]1CCCc2cccnc21. The molecule has 662 valence electrons. The van der Waals surface area contributed by atoms with Gasteiger partial charge < -0.3 is 20.6 Å². The Kier molecular flexibility index (Phi) is 36.3. The highest BCUT2D eigenvalue weighted by molar-refractivity contribution is 6.31. The maximum atomic E-state index is 11.3. The van der Waals surface area contributed by atoms with Crippen molar-refractivity contribution in [3.63, 3.8) is 0 Å². The van der Waals surface area contributed by atoms with Gasteiger partial charge in [0.1, 0.15) is 0 Å². The predicted octanol–water partition coefficient (Wildman–Crippen LogP) is 18.1. The Hall–Kier alpha value is -11.1. The molecule has 4 N–H and O–H groups in total. The Labute approximate surface area is 763 Å². The molecule has 27 heteroatoms. The third kappa shape index (κ3) is 28.2. The Morgan fingerprint density at radius 2 is 0.717 bits per heavy atom. The van der Waals surface area contributed by atoms with E-state index >= 15 is 0 Å². The third-order valence-corrected chi connectivity index (χ3v) is 25.2. The zero-order valence-electron chi connectivity index (χ0n) is 73.8. The molecule has 0 unspecified atom stereocenters. The van der Waals surface area contributed by atoms with Crippen LogP contribution in [-0.2, 0) is 87.4 Å². The van der Waals surface area contributed by atoms with Crippen molar-refractivity contribution in [2.45, 2.75) is 207 Å². The minimum Gasteiger partial charge on any atom is -0.356 e. The van der Waals surface area contributed by atoms with Gasteiger partial charge in [-0.3, -0.25) is 88.9 Å². The number of nitrogens with zero attached hydrogens (tertiary/aromatic N) is 18. The van der Waals surface area contributed by atoms with Crippen LogP contribution in [0, 0.1) is 20.8 Å². The fourth-order valence-electron chi connectivity index (χ4n) is 17.3. The molecule has 0 fully saturated rings. The van der Waals surface area contributed by atoms with Crippen LogP contribution in [0.25, 0.3) is 0 Å². The number of fused-ring (bicyclic) bond motifs is 4. The normalized spacial score (nSPS) is 16.0. The monoisotopic (exact) mass is 1760 g/mol. The van der Waals surface area contributed by atoms with Crippen LogP contribution in [0.15, 0.2) is 225 Å². The van der Waals surface area contributed by atoms with Crippen molar-refractivity contribution in [2.75, 3.05) is 45.8 Å². The summed E-state index contributed by atoms with van der Waals surface area (Å²) in [7, 11) is 0. The molecule has 127 heavy (non-hydrogen) atoms. The van der Waals surface area contributed by atoms with E-state index in [2.05, 4.69) is 164 Å². The summed E-state index contributed by atoms with van der Waals surface area (Å²) in [5, 5.41) is 7.90. The number of imidazole rings is 2. The Morgan fingerprint density at radius 1 is 0.386 bits per heavy atom. The molecule has 0 bridgehead atoms. The number of rotatable bonds is 32. The van der Waals surface area contributed by atoms with Crippen molar-refractivity contribution in [2.24, 2.45) is 4.99 Å². The molecule has 4 atom stereocenters. The smallest absolute Gasteiger partial charge is 0.216 e. The second-order valence-electron chi connectivity index (χ2n) is 33.1. The summed E-state index contributed by atoms with van der Waals surface area (Å²) in [5.41, 5.74) is 23.6. The van der Waals surface area contributed by atoms with Gasteiger partial charge in [-0.15, -0.1) is 0 Å². The molecular formula is C100H119Cl3N22O2. The first-order chi connectivity index (χ1) is 62.1. The number of aromatic amines is 2. The Bertz CT molecular complexity index is 5290. The van der Waals surface area contributed by atoms with E-state index in [4.69, 9.17) is 49.8 Å². The first-order valence-electron chi connectivity index (χ1n) is 44.7. The third-order valence-electron chi connectivity index (χ3n) is 24.1. The average molecular weight is 1770 g/mol. The summed E-state index contributed by atoms with van der Waals surface area (Å²) in [6, 6.07) is 41.7. The van der Waals surface area contributed by atoms with Crippen LogP contribution in [0.3, 0.4) is 0 Å². The number of H-pyrrole nitrogens is 2. The standard InChI is InChI=1S/C21H25N5.C21H28N4O.C20H22ClN5.C20H26N4O.C18H18Cl2N4/c1-16-5-3-10-23-19(16)14-26(12-9-18-13-22-15-25-18)20-8-2-6-17-7-4-11-24-21(17)20;1-16-7-4-11-23-19(16)15-25(14-6-13-22-17(2)26)20-10-3-8-18-9-5-12-24-21(18)20;21-17-6-3-9-23-18(17)13-26(11-8-16-12-22-14-25-16)19-7-1-4-15-5-2-10-24-20(15)19;1-15-6-4-10-22-18(15)14-24(13-12-21-16(2)25)19-9-3-7-17-8-5-11-23-20(17)19;19-15-3-1-7-22-17(15)12-24(10-6-14-5-9-21-11-14)13-18-16(20)4-2-8-23-18/h3-5,7,10-11,13,15,20H,2,6,8-9,12,14H2,1H3,(H,22,25);4-5,7,9,11-12,20H,3,6,8,10,13-15H2,1-2H3,(H,22,26);2-3,5-6,9-10,12,14,19H,1,4,7-8,11,13H2,(H,22,25);4-6,8,10-11,19H,3,7,9,12-14H2,1-2H3,(H,21,25);1-4,7-9,11H,5-6,10,12-13H2/t2*20-;2*19-;/m0000./s1. The lowest BCUT2D eigenvalue weighted by molar-refractivity contribution is -0.119. The Morgan fingerprint density at radius 3 is 1.06 bits per heavy atom. The minimum absolute atomic E-state index is 0.0103. The van der Waals surface area contributed by atoms with Crippen LogP contribution in [0.2, 0.25) is 15.1 Å². The summed E-state index contributed by atoms with van der Waals surface area (Å²) in [6.45, 7) is 19.7. The van der Waals surface area contributed by atoms with Crippen LogP contribution in [0.1, 0.15) is 216 Å². The van der Waals surface area contributed by atoms with Crippen molar-refractivity contribution in [3.8, 4) is 0 Å². The van der Waals surface area contributed by atoms with E-state index in [0.29, 0.717) is 60.9 Å². The number of pyridine rings is 10. The zero-order chi connectivity index (χ0) is 88.3. The van der Waals surface area contributed by atoms with E-state index in [1.807, 2.05) is 141 Å². The van der Waals surface area contributed by atoms with Gasteiger partial charge in [0.15, 0.2) is 0 Å². The van der Waals surface area contributed by atoms with Gasteiger partial charge in [-0.25, -0.2) is 9.97 Å². The lowest BCUT2D eigenvalue weighted by Crippen LogP contribution is -2.38. The summed E-state index contributed by atoms with van der Waals surface area (Å²) in [6.07, 6.45) is 48.1. The van der Waals surface area contributed by atoms with Crippen LogP contribution < -0.4 is 10.6 Å². The van der Waals surface area contributed by atoms with Crippen molar-refractivity contribution in [3.05, 3.63) is 342 Å². The second kappa shape index (κ2) is 49.3. The molecule has 13 heterocycles. The van der Waals surface area contributed by atoms with Crippen molar-refractivity contribution in [1.82, 2.24) is 105 Å². The number of amides is 2. The van der Waals surface area contributed by atoms with Crippen molar-refractivity contribution >= 4 is 52.8 Å². The zero-order valence-corrected chi connectivity index (χ0v) is 76.1. The summed E-state index contributed by atoms with van der Waals surface area (Å²) in [5.74, 6) is 0.0398. The number of aromatic nitrogens is 14. The highest BCUT2D eigenvalue weighted by Crippen LogP contribution is 2.39. The number of halogens is 3. The quantitative estimate of drug-likeness (QED) is 0.0285. The molecule has 17 rings (SSSR count). The first-order valence-corrected chi connectivity index (χ1v) is 45.8. The van der Waals surface area contributed by atoms with Gasteiger partial charge in [0, 0.05) is 216 Å². The van der Waals surface area contributed by atoms with E-state index in [1.54, 1.807) is 45.1 Å². The number of carbonyl (C=O) groups excluding carboxylic acids is 2. The van der Waals surface area contributed by atoms with Crippen LogP contribution in [-0.4, -0.2) is 158 Å². The topological polar surface area (TPSA) is 273 Å². The number of aliphatic imine (C=N–C) groups is 1. The number of aryl methyl sites for hydroxylation is 7. The Balaban J connectivity index is 0.000000136. The maximum Gasteiger partial charge on any atom is 0.216 e. The van der Waals surface area contributed by atoms with E-state index in [9.17, 15) is 9.59 Å². The summed E-state index contributed by atoms with van der Waals surface area (Å²) < 4.78 is 0. The molecule has 2 amide bonds. The maximum absolute atomic E-state index is 11.3. The van der Waals surface area contributed by atoms with Crippen molar-refractivity contribution < 1.29 is 9.59 Å². The fraction of sp³-hybridized carbons (Fsp3) is 0.390. The van der Waals surface area contributed by atoms with E-state index in [0.717, 1.165) is 181 Å². The average Bonchev–Trinajstić information content (AvgIpc) is 1.82. The molecule has 0 radical (unpaired) electrons. The molecule has 4 aliphatic carbocycles. The van der Waals surface area contributed by atoms with E-state index in [1.165, 1.54) is 98.7 Å². The van der Waals surface area contributed by atoms with E-state index in [-0.39, 0.29) is 17.9 Å². The molecule has 5 aliphatic rings. The molecule has 1 aliphatic heterocycles. The molecule has 0 saturated heterocycles. The predicted molar refractivity (Wildman–Crippen MR) is 502 cm³/mol. The van der Waals surface area contributed by atoms with E-state index < -0.39 is 0 Å². The van der Waals surface area contributed by atoms with Crippen molar-refractivity contribution in [1.29, 1.82) is 0 Å². The molecule has 12 aromatic heterocycles. The van der Waals surface area contributed by atoms with Crippen LogP contribution in [0.5, 0.6) is 0 Å². The van der Waals surface area contributed by atoms with Crippen LogP contribution in [0.4, 0.5) is 0 Å². The summed E-state index contributed by atoms with van der Waals surface area (Å²) >= 11 is 18.9. The second-order valence-corrected chi connectivity index (χ2v) is 34.3. The number of hydrogen-bond acceptors (Lipinski definition) is 20. The van der Waals surface area contributed by atoms with Gasteiger partial charge in [-0.05, 0) is 234 Å². The molecule has 0 saturated carbocycles. The molecule has 12 aromatic rings. The minimum atomic E-state index is 0.0103. The highest BCUT2D eigenvalue weighted by Gasteiger charge is 2.33. The van der Waals surface area contributed by atoms with Gasteiger partial charge in [-0.1, -0.05) is 77.3 Å². The van der Waals surface area contributed by atoms with Gasteiger partial charge in [0.25, 0.3) is 0 Å². The largest absolute Gasteiger partial charge is 0.356 e. The molecule has 0 aromatic carbocycles. The first kappa shape index (κ1) is 93.6. The number of nitrogens with one attached hydrogen (secondary N) is 4.